The van der Waals surface area contributed by atoms with Crippen LogP contribution in [-0.4, -0.2) is 96.7 Å². The van der Waals surface area contributed by atoms with Crippen molar-refractivity contribution in [1.29, 1.82) is 0 Å². The van der Waals surface area contributed by atoms with E-state index in [0.29, 0.717) is 31.6 Å². The number of ether oxygens (including phenoxy) is 4. The summed E-state index contributed by atoms with van der Waals surface area (Å²) in [5.74, 6) is 0.123. The summed E-state index contributed by atoms with van der Waals surface area (Å²) in [6, 6.07) is 0. The quantitative estimate of drug-likeness (QED) is 0.0222. The molecule has 0 aromatic heterocycles. The number of carbonyl (C=O) groups excluding carboxylic acids is 4. The zero-order valence-electron chi connectivity index (χ0n) is 60.0. The monoisotopic (exact) mass is 1350 g/mol. The third-order valence-electron chi connectivity index (χ3n) is 16.9. The largest absolute Gasteiger partial charge is 0.472 e. The highest BCUT2D eigenvalue weighted by atomic mass is 31.2. The number of aliphatic hydroxyl groups is 1. The fourth-order valence-corrected chi connectivity index (χ4v) is 12.7. The molecule has 0 bridgehead atoms. The van der Waals surface area contributed by atoms with Gasteiger partial charge in [0.1, 0.15) is 19.3 Å². The van der Waals surface area contributed by atoms with Crippen molar-refractivity contribution in [1.82, 2.24) is 0 Å². The second kappa shape index (κ2) is 63.8. The number of hydrogen-bond acceptors (Lipinski definition) is 15. The number of carbonyl (C=O) groups is 4. The van der Waals surface area contributed by atoms with Gasteiger partial charge >= 0.3 is 39.5 Å². The first kappa shape index (κ1) is 90.1. The van der Waals surface area contributed by atoms with Gasteiger partial charge in [-0.2, -0.15) is 0 Å². The lowest BCUT2D eigenvalue weighted by Crippen LogP contribution is -2.30. The fraction of sp³-hybridized carbons (Fsp3) is 0.945. The molecule has 0 aliphatic rings. The van der Waals surface area contributed by atoms with Gasteiger partial charge < -0.3 is 33.8 Å². The van der Waals surface area contributed by atoms with Crippen molar-refractivity contribution >= 4 is 39.5 Å². The van der Waals surface area contributed by atoms with E-state index < -0.39 is 97.5 Å². The summed E-state index contributed by atoms with van der Waals surface area (Å²) in [4.78, 5) is 72.6. The van der Waals surface area contributed by atoms with Gasteiger partial charge in [-0.15, -0.1) is 0 Å². The van der Waals surface area contributed by atoms with Gasteiger partial charge in [-0.3, -0.25) is 37.3 Å². The predicted octanol–water partition coefficient (Wildman–Crippen LogP) is 21.0. The van der Waals surface area contributed by atoms with Crippen LogP contribution in [0.2, 0.25) is 0 Å². The third-order valence-corrected chi connectivity index (χ3v) is 18.8. The van der Waals surface area contributed by atoms with Crippen molar-refractivity contribution in [2.24, 2.45) is 17.8 Å². The Bertz CT molecular complexity index is 1800. The lowest BCUT2D eigenvalue weighted by molar-refractivity contribution is -0.161. The van der Waals surface area contributed by atoms with Crippen molar-refractivity contribution < 1.29 is 80.2 Å². The van der Waals surface area contributed by atoms with Crippen LogP contribution in [0.1, 0.15) is 370 Å². The second-order valence-corrected chi connectivity index (χ2v) is 30.7. The predicted molar refractivity (Wildman–Crippen MR) is 372 cm³/mol. The van der Waals surface area contributed by atoms with Crippen LogP contribution in [0, 0.1) is 17.8 Å². The second-order valence-electron chi connectivity index (χ2n) is 27.8. The van der Waals surface area contributed by atoms with Crippen LogP contribution in [0.3, 0.4) is 0 Å². The Kier molecular flexibility index (Phi) is 62.4. The maximum atomic E-state index is 13.1. The molecule has 0 aromatic rings. The molecule has 0 fully saturated rings. The summed E-state index contributed by atoms with van der Waals surface area (Å²) in [7, 11) is -9.91. The molecule has 546 valence electrons. The Morgan fingerprint density at radius 2 is 0.500 bits per heavy atom. The summed E-state index contributed by atoms with van der Waals surface area (Å²) in [5, 5.41) is 10.6. The molecule has 17 nitrogen and oxygen atoms in total. The van der Waals surface area contributed by atoms with Crippen LogP contribution in [-0.2, 0) is 65.4 Å². The summed E-state index contributed by atoms with van der Waals surface area (Å²) < 4.78 is 68.4. The first-order chi connectivity index (χ1) is 44.2. The third kappa shape index (κ3) is 66.7. The molecule has 19 heteroatoms. The lowest BCUT2D eigenvalue weighted by Gasteiger charge is -2.21. The molecule has 3 N–H and O–H groups in total. The Morgan fingerprint density at radius 3 is 0.739 bits per heavy atom. The summed E-state index contributed by atoms with van der Waals surface area (Å²) >= 11 is 0. The van der Waals surface area contributed by atoms with Crippen molar-refractivity contribution in [3.05, 3.63) is 0 Å². The van der Waals surface area contributed by atoms with Crippen LogP contribution in [0.4, 0.5) is 0 Å². The van der Waals surface area contributed by atoms with Crippen LogP contribution >= 0.6 is 15.6 Å². The van der Waals surface area contributed by atoms with E-state index in [2.05, 4.69) is 48.5 Å². The molecule has 0 rings (SSSR count). The zero-order chi connectivity index (χ0) is 68.0. The van der Waals surface area contributed by atoms with Gasteiger partial charge in [-0.1, -0.05) is 318 Å². The standard InChI is InChI=1S/C73H142O17P2/c1-8-9-10-11-12-13-14-22-28-33-42-49-56-72(77)90-69(61-84-71(76)55-48-41-36-35-39-46-53-66(6)7)63-88-92(81,82)86-59-67(74)58-85-91(79,80)87-62-68(60-83-70(75)54-47-40-32-27-24-19-21-26-31-38-45-52-65(4)5)89-73(78)57-50-43-34-29-23-18-16-15-17-20-25-30-37-44-51-64(2)3/h64-69,74H,8-63H2,1-7H3,(H,79,80)(H,81,82)/t67-,68-,69-/m1/s1. The van der Waals surface area contributed by atoms with Crippen molar-refractivity contribution in [3.8, 4) is 0 Å². The SMILES string of the molecule is CCCCCCCCCCCCCCC(=O)O[C@H](COC(=O)CCCCCCCCC(C)C)COP(=O)(O)OC[C@H](O)COP(=O)(O)OC[C@@H](COC(=O)CCCCCCCCCCCCCC(C)C)OC(=O)CCCCCCCCCCCCCCCCC(C)C. The lowest BCUT2D eigenvalue weighted by atomic mass is 10.0. The average molecular weight is 1350 g/mol. The Morgan fingerprint density at radius 1 is 0.293 bits per heavy atom. The van der Waals surface area contributed by atoms with E-state index in [0.717, 1.165) is 108 Å². The molecule has 2 unspecified atom stereocenters. The number of rotatable bonds is 71. The van der Waals surface area contributed by atoms with Gasteiger partial charge in [0.2, 0.25) is 0 Å². The van der Waals surface area contributed by atoms with Gasteiger partial charge in [0.25, 0.3) is 0 Å². The van der Waals surface area contributed by atoms with Crippen LogP contribution in [0.25, 0.3) is 0 Å². The number of phosphoric acid groups is 2. The van der Waals surface area contributed by atoms with E-state index >= 15 is 0 Å². The fourth-order valence-electron chi connectivity index (χ4n) is 11.1. The number of aliphatic hydroxyl groups excluding tert-OH is 1. The molecule has 92 heavy (non-hydrogen) atoms. The van der Waals surface area contributed by atoms with E-state index in [-0.39, 0.29) is 25.7 Å². The topological polar surface area (TPSA) is 237 Å². The molecule has 0 saturated carbocycles. The normalized spacial score (nSPS) is 14.1. The molecule has 0 radical (unpaired) electrons. The number of esters is 4. The number of unbranched alkanes of at least 4 members (excludes halogenated alkanes) is 39. The minimum atomic E-state index is -4.96. The van der Waals surface area contributed by atoms with E-state index in [1.54, 1.807) is 0 Å². The molecule has 0 heterocycles. The molecule has 0 amide bonds. The minimum Gasteiger partial charge on any atom is -0.462 e. The van der Waals surface area contributed by atoms with Gasteiger partial charge in [0, 0.05) is 25.7 Å². The van der Waals surface area contributed by atoms with E-state index in [1.807, 2.05) is 0 Å². The van der Waals surface area contributed by atoms with Crippen molar-refractivity contribution in [2.75, 3.05) is 39.6 Å². The molecular formula is C73H142O17P2. The highest BCUT2D eigenvalue weighted by Crippen LogP contribution is 2.45. The Balaban J connectivity index is 5.24. The van der Waals surface area contributed by atoms with E-state index in [1.165, 1.54) is 173 Å². The average Bonchev–Trinajstić information content (AvgIpc) is 2.37. The van der Waals surface area contributed by atoms with E-state index in [9.17, 15) is 43.2 Å². The minimum absolute atomic E-state index is 0.106. The highest BCUT2D eigenvalue weighted by molar-refractivity contribution is 7.47. The molecule has 0 aliphatic carbocycles. The molecule has 0 aliphatic heterocycles. The number of hydrogen-bond donors (Lipinski definition) is 3. The Hall–Kier alpha value is -1.94. The summed E-state index contributed by atoms with van der Waals surface area (Å²) in [6.45, 7) is 11.8. The van der Waals surface area contributed by atoms with Crippen molar-refractivity contribution in [3.63, 3.8) is 0 Å². The van der Waals surface area contributed by atoms with Crippen LogP contribution in [0.5, 0.6) is 0 Å². The molecule has 0 aromatic carbocycles. The van der Waals surface area contributed by atoms with Gasteiger partial charge in [0.15, 0.2) is 12.2 Å². The summed E-state index contributed by atoms with van der Waals surface area (Å²) in [6.07, 6.45) is 48.6. The number of phosphoric ester groups is 2. The van der Waals surface area contributed by atoms with Gasteiger partial charge in [0.05, 0.1) is 26.4 Å². The molecular weight excluding hydrogens is 1210 g/mol. The smallest absolute Gasteiger partial charge is 0.462 e. The molecule has 0 spiro atoms. The first-order valence-electron chi connectivity index (χ1n) is 37.8. The maximum Gasteiger partial charge on any atom is 0.472 e. The maximum absolute atomic E-state index is 13.1. The van der Waals surface area contributed by atoms with Crippen LogP contribution < -0.4 is 0 Å². The molecule has 5 atom stereocenters. The zero-order valence-corrected chi connectivity index (χ0v) is 61.8. The van der Waals surface area contributed by atoms with Gasteiger partial charge in [-0.25, -0.2) is 9.13 Å². The van der Waals surface area contributed by atoms with E-state index in [4.69, 9.17) is 37.0 Å². The van der Waals surface area contributed by atoms with Gasteiger partial charge in [-0.05, 0) is 43.4 Å². The highest BCUT2D eigenvalue weighted by Gasteiger charge is 2.30. The van der Waals surface area contributed by atoms with Crippen molar-refractivity contribution in [2.45, 2.75) is 388 Å². The summed E-state index contributed by atoms with van der Waals surface area (Å²) in [5.41, 5.74) is 0. The molecule has 0 saturated heterocycles. The Labute approximate surface area is 562 Å². The first-order valence-corrected chi connectivity index (χ1v) is 40.8. The van der Waals surface area contributed by atoms with Crippen LogP contribution in [0.15, 0.2) is 0 Å².